The van der Waals surface area contributed by atoms with Crippen LogP contribution in [0.4, 0.5) is 0 Å². The van der Waals surface area contributed by atoms with Crippen LogP contribution in [-0.2, 0) is 6.42 Å². The molecule has 0 saturated heterocycles. The fraction of sp³-hybridized carbons (Fsp3) is 0.533. The molecule has 0 amide bonds. The van der Waals surface area contributed by atoms with Gasteiger partial charge in [-0.25, -0.2) is 0 Å². The molecule has 0 atom stereocenters. The zero-order valence-corrected chi connectivity index (χ0v) is 13.6. The first-order valence-corrected chi connectivity index (χ1v) is 7.23. The summed E-state index contributed by atoms with van der Waals surface area (Å²) in [4.78, 5) is 0. The monoisotopic (exact) mass is 324 g/mol. The highest BCUT2D eigenvalue weighted by Gasteiger charge is 2.16. The van der Waals surface area contributed by atoms with E-state index in [2.05, 4.69) is 48.1 Å². The van der Waals surface area contributed by atoms with Crippen LogP contribution in [0.5, 0.6) is 5.75 Å². The topological polar surface area (TPSA) is 45.0 Å². The third-order valence-corrected chi connectivity index (χ3v) is 4.65. The Hall–Kier alpha value is -1.05. The van der Waals surface area contributed by atoms with Gasteiger partial charge in [0.2, 0.25) is 0 Å². The molecule has 0 radical (unpaired) electrons. The Bertz CT molecular complexity index is 492. The molecule has 0 aliphatic heterocycles. The smallest absolute Gasteiger partial charge is 0.125 e. The maximum Gasteiger partial charge on any atom is 0.125 e. The number of halogens is 1. The van der Waals surface area contributed by atoms with Gasteiger partial charge in [0.25, 0.3) is 0 Å². The standard InChI is InChI=1S/C15H21BrN2O/c1-10-11(2)15(19-4)13(12(3)14(10)16)6-9-18-8-5-7-17/h18H,5-6,8-9H2,1-4H3. The molecule has 1 rings (SSSR count). The molecule has 0 spiro atoms. The molecule has 0 aromatic heterocycles. The normalized spacial score (nSPS) is 10.3. The third kappa shape index (κ3) is 3.71. The molecule has 0 aliphatic rings. The molecule has 0 aliphatic carbocycles. The Morgan fingerprint density at radius 2 is 1.84 bits per heavy atom. The van der Waals surface area contributed by atoms with E-state index in [0.29, 0.717) is 6.42 Å². The van der Waals surface area contributed by atoms with Crippen molar-refractivity contribution in [3.8, 4) is 11.8 Å². The quantitative estimate of drug-likeness (QED) is 0.815. The first kappa shape index (κ1) is 16.0. The van der Waals surface area contributed by atoms with Crippen molar-refractivity contribution in [2.75, 3.05) is 20.2 Å². The van der Waals surface area contributed by atoms with E-state index in [1.807, 2.05) is 0 Å². The second kappa shape index (κ2) is 7.52. The molecule has 0 unspecified atom stereocenters. The van der Waals surface area contributed by atoms with E-state index in [1.54, 1.807) is 7.11 Å². The molecule has 104 valence electrons. The van der Waals surface area contributed by atoms with Crippen molar-refractivity contribution in [1.82, 2.24) is 5.32 Å². The summed E-state index contributed by atoms with van der Waals surface area (Å²) < 4.78 is 6.73. The van der Waals surface area contributed by atoms with Crippen LogP contribution in [-0.4, -0.2) is 20.2 Å². The lowest BCUT2D eigenvalue weighted by Crippen LogP contribution is -2.19. The maximum atomic E-state index is 8.50. The fourth-order valence-corrected chi connectivity index (χ4v) is 2.74. The van der Waals surface area contributed by atoms with E-state index in [1.165, 1.54) is 22.3 Å². The number of nitriles is 1. The second-order valence-corrected chi connectivity index (χ2v) is 5.40. The summed E-state index contributed by atoms with van der Waals surface area (Å²) in [7, 11) is 1.72. The molecular formula is C15H21BrN2O. The number of benzene rings is 1. The fourth-order valence-electron chi connectivity index (χ4n) is 2.21. The Labute approximate surface area is 124 Å². The summed E-state index contributed by atoms with van der Waals surface area (Å²) in [6.07, 6.45) is 1.45. The SMILES string of the molecule is COc1c(C)c(C)c(Br)c(C)c1CCNCCC#N. The summed E-state index contributed by atoms with van der Waals surface area (Å²) in [5.74, 6) is 0.986. The summed E-state index contributed by atoms with van der Waals surface area (Å²) in [5, 5.41) is 11.8. The molecule has 1 aromatic rings. The van der Waals surface area contributed by atoms with Gasteiger partial charge < -0.3 is 10.1 Å². The van der Waals surface area contributed by atoms with Gasteiger partial charge in [0.05, 0.1) is 13.2 Å². The lowest BCUT2D eigenvalue weighted by Gasteiger charge is -2.19. The van der Waals surface area contributed by atoms with Crippen molar-refractivity contribution in [3.63, 3.8) is 0 Å². The lowest BCUT2D eigenvalue weighted by atomic mass is 9.97. The van der Waals surface area contributed by atoms with Gasteiger partial charge in [0.1, 0.15) is 5.75 Å². The van der Waals surface area contributed by atoms with Crippen LogP contribution >= 0.6 is 15.9 Å². The number of nitrogens with zero attached hydrogens (tertiary/aromatic N) is 1. The summed E-state index contributed by atoms with van der Waals surface area (Å²) >= 11 is 3.66. The van der Waals surface area contributed by atoms with Gasteiger partial charge in [-0.3, -0.25) is 0 Å². The number of ether oxygens (including phenoxy) is 1. The highest BCUT2D eigenvalue weighted by atomic mass is 79.9. The van der Waals surface area contributed by atoms with Gasteiger partial charge >= 0.3 is 0 Å². The Morgan fingerprint density at radius 1 is 1.16 bits per heavy atom. The third-order valence-electron chi connectivity index (χ3n) is 3.46. The zero-order chi connectivity index (χ0) is 14.4. The van der Waals surface area contributed by atoms with Crippen LogP contribution in [0, 0.1) is 32.1 Å². The number of methoxy groups -OCH3 is 1. The number of hydrogen-bond acceptors (Lipinski definition) is 3. The van der Waals surface area contributed by atoms with Crippen molar-refractivity contribution in [2.45, 2.75) is 33.6 Å². The van der Waals surface area contributed by atoms with Gasteiger partial charge in [-0.15, -0.1) is 0 Å². The molecule has 0 saturated carbocycles. The number of nitrogens with one attached hydrogen (secondary N) is 1. The summed E-state index contributed by atoms with van der Waals surface area (Å²) in [6, 6.07) is 2.13. The zero-order valence-electron chi connectivity index (χ0n) is 12.1. The minimum atomic E-state index is 0.548. The van der Waals surface area contributed by atoms with Crippen molar-refractivity contribution >= 4 is 15.9 Å². The minimum Gasteiger partial charge on any atom is -0.496 e. The van der Waals surface area contributed by atoms with Crippen LogP contribution in [0.1, 0.15) is 28.7 Å². The van der Waals surface area contributed by atoms with Crippen LogP contribution in [0.25, 0.3) is 0 Å². The molecule has 4 heteroatoms. The number of hydrogen-bond donors (Lipinski definition) is 1. The van der Waals surface area contributed by atoms with Gasteiger partial charge in [-0.05, 0) is 56.0 Å². The van der Waals surface area contributed by atoms with Gasteiger partial charge in [-0.1, -0.05) is 15.9 Å². The van der Waals surface area contributed by atoms with E-state index in [-0.39, 0.29) is 0 Å². The molecule has 3 nitrogen and oxygen atoms in total. The van der Waals surface area contributed by atoms with Gasteiger partial charge in [0.15, 0.2) is 0 Å². The molecular weight excluding hydrogens is 304 g/mol. The molecule has 1 N–H and O–H groups in total. The largest absolute Gasteiger partial charge is 0.496 e. The highest BCUT2D eigenvalue weighted by Crippen LogP contribution is 2.36. The summed E-state index contributed by atoms with van der Waals surface area (Å²) in [5.41, 5.74) is 4.89. The second-order valence-electron chi connectivity index (χ2n) is 4.61. The van der Waals surface area contributed by atoms with Crippen molar-refractivity contribution in [2.24, 2.45) is 0 Å². The average molecular weight is 325 g/mol. The van der Waals surface area contributed by atoms with E-state index >= 15 is 0 Å². The van der Waals surface area contributed by atoms with Crippen LogP contribution in [0.2, 0.25) is 0 Å². The van der Waals surface area contributed by atoms with Crippen LogP contribution in [0.3, 0.4) is 0 Å². The Balaban J connectivity index is 2.91. The first-order chi connectivity index (χ1) is 9.04. The minimum absolute atomic E-state index is 0.548. The van der Waals surface area contributed by atoms with E-state index in [4.69, 9.17) is 10.00 Å². The van der Waals surface area contributed by atoms with Gasteiger partial charge in [0, 0.05) is 17.4 Å². The predicted octanol–water partition coefficient (Wildman–Crippen LogP) is 3.43. The van der Waals surface area contributed by atoms with Crippen molar-refractivity contribution in [1.29, 1.82) is 5.26 Å². The molecule has 0 heterocycles. The molecule has 1 aromatic carbocycles. The Morgan fingerprint density at radius 3 is 2.42 bits per heavy atom. The van der Waals surface area contributed by atoms with Crippen molar-refractivity contribution < 1.29 is 4.74 Å². The van der Waals surface area contributed by atoms with E-state index < -0.39 is 0 Å². The molecule has 0 bridgehead atoms. The van der Waals surface area contributed by atoms with Crippen molar-refractivity contribution in [3.05, 3.63) is 26.7 Å². The Kier molecular flexibility index (Phi) is 6.33. The molecule has 0 fully saturated rings. The molecule has 19 heavy (non-hydrogen) atoms. The average Bonchev–Trinajstić information content (AvgIpc) is 2.41. The van der Waals surface area contributed by atoms with E-state index in [9.17, 15) is 0 Å². The maximum absolute atomic E-state index is 8.50. The summed E-state index contributed by atoms with van der Waals surface area (Å²) in [6.45, 7) is 7.90. The highest BCUT2D eigenvalue weighted by molar-refractivity contribution is 9.10. The lowest BCUT2D eigenvalue weighted by molar-refractivity contribution is 0.405. The first-order valence-electron chi connectivity index (χ1n) is 6.44. The van der Waals surface area contributed by atoms with Crippen LogP contribution in [0.15, 0.2) is 4.47 Å². The predicted molar refractivity (Wildman–Crippen MR) is 81.7 cm³/mol. The van der Waals surface area contributed by atoms with E-state index in [0.717, 1.165) is 29.7 Å². The van der Waals surface area contributed by atoms with Crippen LogP contribution < -0.4 is 10.1 Å². The van der Waals surface area contributed by atoms with Gasteiger partial charge in [-0.2, -0.15) is 5.26 Å². The number of rotatable bonds is 6.